The molecule has 0 bridgehead atoms. The highest BCUT2D eigenvalue weighted by Crippen LogP contribution is 2.39. The van der Waals surface area contributed by atoms with Crippen LogP contribution in [0.15, 0.2) is 18.2 Å². The van der Waals surface area contributed by atoms with E-state index in [2.05, 4.69) is 26.1 Å². The lowest BCUT2D eigenvalue weighted by Crippen LogP contribution is -2.39. The second-order valence-corrected chi connectivity index (χ2v) is 6.93. The van der Waals surface area contributed by atoms with Crippen molar-refractivity contribution < 1.29 is 9.31 Å². The van der Waals surface area contributed by atoms with Gasteiger partial charge in [-0.05, 0) is 30.2 Å². The monoisotopic (exact) mass is 294 g/mol. The van der Waals surface area contributed by atoms with Crippen LogP contribution in [0.2, 0.25) is 0 Å². The van der Waals surface area contributed by atoms with Crippen LogP contribution < -0.4 is 5.32 Å². The maximum Gasteiger partial charge on any atom is 0.304 e. The number of nitro groups is 1. The molecule has 1 N–H and O–H groups in total. The Balaban J connectivity index is 2.16. The molecule has 2 atom stereocenters. The summed E-state index contributed by atoms with van der Waals surface area (Å²) in [6.07, 6.45) is 4.62. The van der Waals surface area contributed by atoms with E-state index < -0.39 is 16.4 Å². The summed E-state index contributed by atoms with van der Waals surface area (Å²) in [6.45, 7) is 6.69. The van der Waals surface area contributed by atoms with Crippen LogP contribution in [0.25, 0.3) is 0 Å². The molecule has 0 amide bonds. The zero-order valence-electron chi connectivity index (χ0n) is 12.9. The second kappa shape index (κ2) is 6.00. The summed E-state index contributed by atoms with van der Waals surface area (Å²) in [7, 11) is 0. The number of halogens is 1. The Morgan fingerprint density at radius 3 is 2.52 bits per heavy atom. The van der Waals surface area contributed by atoms with Crippen molar-refractivity contribution in [3.8, 4) is 0 Å². The normalized spacial score (nSPS) is 22.9. The van der Waals surface area contributed by atoms with Gasteiger partial charge in [-0.1, -0.05) is 33.6 Å². The van der Waals surface area contributed by atoms with Crippen LogP contribution in [0.1, 0.15) is 46.5 Å². The van der Waals surface area contributed by atoms with E-state index in [1.54, 1.807) is 6.07 Å². The Morgan fingerprint density at radius 1 is 1.29 bits per heavy atom. The van der Waals surface area contributed by atoms with Crippen LogP contribution in [0.4, 0.5) is 15.8 Å². The third kappa shape index (κ3) is 3.71. The first-order valence-electron chi connectivity index (χ1n) is 7.49. The molecule has 2 rings (SSSR count). The van der Waals surface area contributed by atoms with E-state index in [0.29, 0.717) is 17.6 Å². The van der Waals surface area contributed by atoms with Gasteiger partial charge in [0.15, 0.2) is 0 Å². The molecule has 0 aromatic heterocycles. The summed E-state index contributed by atoms with van der Waals surface area (Å²) >= 11 is 0. The molecule has 2 unspecified atom stereocenters. The van der Waals surface area contributed by atoms with Crippen molar-refractivity contribution in [2.45, 2.75) is 52.5 Å². The van der Waals surface area contributed by atoms with Gasteiger partial charge < -0.3 is 5.32 Å². The molecule has 1 aromatic rings. The fourth-order valence-corrected chi connectivity index (χ4v) is 3.30. The standard InChI is InChI=1S/C16H23FN2O2/c1-16(2,3)12-6-4-5-7-14(12)18-11-8-9-15(19(20)21)13(17)10-11/h8-10,12,14,18H,4-7H2,1-3H3. The van der Waals surface area contributed by atoms with E-state index in [4.69, 9.17) is 0 Å². The zero-order valence-corrected chi connectivity index (χ0v) is 12.9. The summed E-state index contributed by atoms with van der Waals surface area (Å²) in [4.78, 5) is 9.95. The van der Waals surface area contributed by atoms with Crippen molar-refractivity contribution in [2.75, 3.05) is 5.32 Å². The Hall–Kier alpha value is -1.65. The number of nitro benzene ring substituents is 1. The molecule has 1 aliphatic rings. The molecule has 21 heavy (non-hydrogen) atoms. The number of hydrogen-bond donors (Lipinski definition) is 1. The number of nitrogens with one attached hydrogen (secondary N) is 1. The third-order valence-electron chi connectivity index (χ3n) is 4.37. The molecule has 1 saturated carbocycles. The Kier molecular flexibility index (Phi) is 4.49. The fourth-order valence-electron chi connectivity index (χ4n) is 3.30. The lowest BCUT2D eigenvalue weighted by Gasteiger charge is -2.41. The van der Waals surface area contributed by atoms with Crippen molar-refractivity contribution in [1.29, 1.82) is 0 Å². The SMILES string of the molecule is CC(C)(C)C1CCCCC1Nc1ccc([N+](=O)[O-])c(F)c1. The number of rotatable bonds is 3. The average Bonchev–Trinajstić information content (AvgIpc) is 2.37. The topological polar surface area (TPSA) is 55.2 Å². The molecule has 0 spiro atoms. The molecule has 1 aliphatic carbocycles. The van der Waals surface area contributed by atoms with E-state index >= 15 is 0 Å². The second-order valence-electron chi connectivity index (χ2n) is 6.93. The predicted octanol–water partition coefficient (Wildman–Crippen LogP) is 4.75. The van der Waals surface area contributed by atoms with Crippen molar-refractivity contribution in [2.24, 2.45) is 11.3 Å². The molecule has 5 heteroatoms. The summed E-state index contributed by atoms with van der Waals surface area (Å²) in [5, 5.41) is 14.0. The van der Waals surface area contributed by atoms with Gasteiger partial charge >= 0.3 is 5.69 Å². The van der Waals surface area contributed by atoms with Gasteiger partial charge in [-0.15, -0.1) is 0 Å². The molecule has 0 heterocycles. The van der Waals surface area contributed by atoms with E-state index in [-0.39, 0.29) is 5.41 Å². The first-order valence-corrected chi connectivity index (χ1v) is 7.49. The molecule has 4 nitrogen and oxygen atoms in total. The van der Waals surface area contributed by atoms with Gasteiger partial charge in [-0.3, -0.25) is 10.1 Å². The maximum absolute atomic E-state index is 13.7. The minimum Gasteiger partial charge on any atom is -0.382 e. The average molecular weight is 294 g/mol. The largest absolute Gasteiger partial charge is 0.382 e. The van der Waals surface area contributed by atoms with Gasteiger partial charge in [-0.25, -0.2) is 0 Å². The lowest BCUT2D eigenvalue weighted by molar-refractivity contribution is -0.387. The van der Waals surface area contributed by atoms with Gasteiger partial charge in [0.2, 0.25) is 5.82 Å². The first kappa shape index (κ1) is 15.7. The van der Waals surface area contributed by atoms with E-state index in [1.807, 2.05) is 0 Å². The van der Waals surface area contributed by atoms with Crippen LogP contribution >= 0.6 is 0 Å². The summed E-state index contributed by atoms with van der Waals surface area (Å²) < 4.78 is 13.7. The Morgan fingerprint density at radius 2 is 1.95 bits per heavy atom. The van der Waals surface area contributed by atoms with Crippen LogP contribution in [0.5, 0.6) is 0 Å². The number of nitrogens with zero attached hydrogens (tertiary/aromatic N) is 1. The van der Waals surface area contributed by atoms with Gasteiger partial charge in [0, 0.05) is 23.9 Å². The molecular weight excluding hydrogens is 271 g/mol. The molecule has 1 fully saturated rings. The van der Waals surface area contributed by atoms with Crippen LogP contribution in [-0.4, -0.2) is 11.0 Å². The quantitative estimate of drug-likeness (QED) is 0.646. The van der Waals surface area contributed by atoms with Crippen LogP contribution in [0.3, 0.4) is 0 Å². The highest BCUT2D eigenvalue weighted by atomic mass is 19.1. The minimum absolute atomic E-state index is 0.192. The predicted molar refractivity (Wildman–Crippen MR) is 81.9 cm³/mol. The fraction of sp³-hybridized carbons (Fsp3) is 0.625. The van der Waals surface area contributed by atoms with Crippen molar-refractivity contribution >= 4 is 11.4 Å². The van der Waals surface area contributed by atoms with Crippen molar-refractivity contribution in [3.05, 3.63) is 34.1 Å². The third-order valence-corrected chi connectivity index (χ3v) is 4.37. The van der Waals surface area contributed by atoms with Gasteiger partial charge in [-0.2, -0.15) is 4.39 Å². The van der Waals surface area contributed by atoms with Crippen molar-refractivity contribution in [1.82, 2.24) is 0 Å². The van der Waals surface area contributed by atoms with Gasteiger partial charge in [0.05, 0.1) is 4.92 Å². The van der Waals surface area contributed by atoms with Crippen LogP contribution in [-0.2, 0) is 0 Å². The molecule has 0 radical (unpaired) electrons. The number of benzene rings is 1. The molecular formula is C16H23FN2O2. The summed E-state index contributed by atoms with van der Waals surface area (Å²) in [5.41, 5.74) is 0.341. The van der Waals surface area contributed by atoms with E-state index in [1.165, 1.54) is 25.0 Å². The molecule has 116 valence electrons. The smallest absolute Gasteiger partial charge is 0.304 e. The first-order chi connectivity index (χ1) is 9.79. The minimum atomic E-state index is -0.784. The van der Waals surface area contributed by atoms with Gasteiger partial charge in [0.25, 0.3) is 0 Å². The number of hydrogen-bond acceptors (Lipinski definition) is 3. The van der Waals surface area contributed by atoms with E-state index in [0.717, 1.165) is 12.8 Å². The highest BCUT2D eigenvalue weighted by molar-refractivity contribution is 5.50. The highest BCUT2D eigenvalue weighted by Gasteiger charge is 2.34. The van der Waals surface area contributed by atoms with E-state index in [9.17, 15) is 14.5 Å². The Bertz CT molecular complexity index is 525. The molecule has 0 aliphatic heterocycles. The lowest BCUT2D eigenvalue weighted by atomic mass is 9.69. The Labute approximate surface area is 124 Å². The number of anilines is 1. The molecule has 0 saturated heterocycles. The summed E-state index contributed by atoms with van der Waals surface area (Å²) in [6, 6.07) is 4.34. The zero-order chi connectivity index (χ0) is 15.6. The maximum atomic E-state index is 13.7. The van der Waals surface area contributed by atoms with Crippen LogP contribution in [0, 0.1) is 27.3 Å². The molecule has 1 aromatic carbocycles. The van der Waals surface area contributed by atoms with Gasteiger partial charge in [0.1, 0.15) is 0 Å². The van der Waals surface area contributed by atoms with Crippen molar-refractivity contribution in [3.63, 3.8) is 0 Å². The summed E-state index contributed by atoms with van der Waals surface area (Å²) in [5.74, 6) is -0.266.